The van der Waals surface area contributed by atoms with E-state index < -0.39 is 35.4 Å². The standard InChI is InChI=1S/C11H9F5O2/c1-5-3-4-7(6(2)17)9(18-10(12)13)8(5)11(14,15)16/h3-4,10H,1-2H3. The van der Waals surface area contributed by atoms with Gasteiger partial charge in [-0.15, -0.1) is 0 Å². The molecule has 18 heavy (non-hydrogen) atoms. The Morgan fingerprint density at radius 3 is 2.22 bits per heavy atom. The summed E-state index contributed by atoms with van der Waals surface area (Å²) in [5.41, 5.74) is -2.16. The average Bonchev–Trinajstić information content (AvgIpc) is 2.13. The number of aryl methyl sites for hydroxylation is 1. The van der Waals surface area contributed by atoms with Gasteiger partial charge in [-0.2, -0.15) is 22.0 Å². The topological polar surface area (TPSA) is 26.3 Å². The lowest BCUT2D eigenvalue weighted by Crippen LogP contribution is -2.16. The van der Waals surface area contributed by atoms with Gasteiger partial charge in [-0.1, -0.05) is 6.07 Å². The van der Waals surface area contributed by atoms with Crippen LogP contribution in [-0.2, 0) is 6.18 Å². The van der Waals surface area contributed by atoms with Gasteiger partial charge < -0.3 is 4.74 Å². The summed E-state index contributed by atoms with van der Waals surface area (Å²) in [6.07, 6.45) is -4.88. The Morgan fingerprint density at radius 1 is 1.28 bits per heavy atom. The third-order valence-electron chi connectivity index (χ3n) is 2.24. The van der Waals surface area contributed by atoms with Crippen LogP contribution in [0.1, 0.15) is 28.4 Å². The molecule has 0 unspecified atom stereocenters. The Kier molecular flexibility index (Phi) is 3.93. The second-order valence-electron chi connectivity index (χ2n) is 3.57. The van der Waals surface area contributed by atoms with Gasteiger partial charge in [0.15, 0.2) is 5.78 Å². The minimum atomic E-state index is -4.88. The molecule has 0 aliphatic heterocycles. The number of halogens is 5. The zero-order chi connectivity index (χ0) is 14.1. The molecule has 1 rings (SSSR count). The molecule has 0 fully saturated rings. The van der Waals surface area contributed by atoms with Crippen molar-refractivity contribution in [2.24, 2.45) is 0 Å². The van der Waals surface area contributed by atoms with E-state index in [1.54, 1.807) is 0 Å². The van der Waals surface area contributed by atoms with Crippen molar-refractivity contribution >= 4 is 5.78 Å². The Labute approximate surface area is 99.4 Å². The zero-order valence-corrected chi connectivity index (χ0v) is 9.44. The van der Waals surface area contributed by atoms with E-state index in [9.17, 15) is 26.7 Å². The van der Waals surface area contributed by atoms with Crippen LogP contribution in [0.25, 0.3) is 0 Å². The molecule has 0 saturated carbocycles. The smallest absolute Gasteiger partial charge is 0.420 e. The second-order valence-corrected chi connectivity index (χ2v) is 3.57. The average molecular weight is 268 g/mol. The van der Waals surface area contributed by atoms with E-state index in [1.807, 2.05) is 0 Å². The van der Waals surface area contributed by atoms with Crippen molar-refractivity contribution in [3.8, 4) is 5.75 Å². The summed E-state index contributed by atoms with van der Waals surface area (Å²) in [7, 11) is 0. The molecule has 0 atom stereocenters. The molecule has 100 valence electrons. The van der Waals surface area contributed by atoms with Crippen LogP contribution >= 0.6 is 0 Å². The number of hydrogen-bond acceptors (Lipinski definition) is 2. The molecule has 7 heteroatoms. The predicted molar refractivity (Wildman–Crippen MR) is 52.8 cm³/mol. The lowest BCUT2D eigenvalue weighted by molar-refractivity contribution is -0.142. The van der Waals surface area contributed by atoms with Gasteiger partial charge in [0, 0.05) is 0 Å². The van der Waals surface area contributed by atoms with Crippen molar-refractivity contribution < 1.29 is 31.5 Å². The molecule has 2 nitrogen and oxygen atoms in total. The molecule has 0 heterocycles. The highest BCUT2D eigenvalue weighted by atomic mass is 19.4. The van der Waals surface area contributed by atoms with Crippen molar-refractivity contribution in [3.05, 3.63) is 28.8 Å². The summed E-state index contributed by atoms with van der Waals surface area (Å²) in [5, 5.41) is 0. The monoisotopic (exact) mass is 268 g/mol. The molecule has 1 aromatic rings. The number of carbonyl (C=O) groups excluding carboxylic acids is 1. The fraction of sp³-hybridized carbons (Fsp3) is 0.364. The minimum absolute atomic E-state index is 0.289. The SMILES string of the molecule is CC(=O)c1ccc(C)c(C(F)(F)F)c1OC(F)F. The predicted octanol–water partition coefficient (Wildman–Crippen LogP) is 3.82. The normalized spacial score (nSPS) is 11.8. The Bertz CT molecular complexity index is 465. The number of ether oxygens (including phenoxy) is 1. The van der Waals surface area contributed by atoms with Gasteiger partial charge in [0.25, 0.3) is 0 Å². The number of hydrogen-bond donors (Lipinski definition) is 0. The van der Waals surface area contributed by atoms with Gasteiger partial charge in [-0.3, -0.25) is 4.79 Å². The van der Waals surface area contributed by atoms with Crippen molar-refractivity contribution in [3.63, 3.8) is 0 Å². The lowest BCUT2D eigenvalue weighted by Gasteiger charge is -2.18. The first kappa shape index (κ1) is 14.4. The van der Waals surface area contributed by atoms with Gasteiger partial charge >= 0.3 is 12.8 Å². The molecular formula is C11H9F5O2. The van der Waals surface area contributed by atoms with Crippen molar-refractivity contribution in [2.45, 2.75) is 26.6 Å². The third-order valence-corrected chi connectivity index (χ3v) is 2.24. The number of benzene rings is 1. The van der Waals surface area contributed by atoms with Gasteiger partial charge in [0.1, 0.15) is 11.3 Å². The van der Waals surface area contributed by atoms with Gasteiger partial charge in [-0.25, -0.2) is 0 Å². The Morgan fingerprint density at radius 2 is 1.83 bits per heavy atom. The van der Waals surface area contributed by atoms with Crippen LogP contribution in [0.15, 0.2) is 12.1 Å². The highest BCUT2D eigenvalue weighted by Gasteiger charge is 2.38. The van der Waals surface area contributed by atoms with Crippen LogP contribution in [0.4, 0.5) is 22.0 Å². The van der Waals surface area contributed by atoms with Crippen LogP contribution in [0.3, 0.4) is 0 Å². The third kappa shape index (κ3) is 2.96. The summed E-state index contributed by atoms with van der Waals surface area (Å²) in [6, 6.07) is 2.07. The number of Topliss-reactive ketones (excluding diaryl/α,β-unsaturated/α-hetero) is 1. The first-order chi connectivity index (χ1) is 8.14. The molecule has 0 spiro atoms. The largest absolute Gasteiger partial charge is 0.433 e. The summed E-state index contributed by atoms with van der Waals surface area (Å²) >= 11 is 0. The second kappa shape index (κ2) is 4.91. The molecule has 0 aromatic heterocycles. The van der Waals surface area contributed by atoms with Crippen molar-refractivity contribution in [1.82, 2.24) is 0 Å². The molecular weight excluding hydrogens is 259 g/mol. The van der Waals surface area contributed by atoms with Crippen LogP contribution in [0, 0.1) is 6.92 Å². The van der Waals surface area contributed by atoms with E-state index >= 15 is 0 Å². The molecule has 0 saturated heterocycles. The lowest BCUT2D eigenvalue weighted by atomic mass is 10.0. The van der Waals surface area contributed by atoms with Crippen LogP contribution < -0.4 is 4.74 Å². The summed E-state index contributed by atoms with van der Waals surface area (Å²) < 4.78 is 66.5. The van der Waals surface area contributed by atoms with Crippen LogP contribution in [0.2, 0.25) is 0 Å². The molecule has 0 bridgehead atoms. The van der Waals surface area contributed by atoms with E-state index in [4.69, 9.17) is 0 Å². The van der Waals surface area contributed by atoms with E-state index in [1.165, 1.54) is 0 Å². The van der Waals surface area contributed by atoms with E-state index in [-0.39, 0.29) is 5.56 Å². The van der Waals surface area contributed by atoms with Crippen LogP contribution in [-0.4, -0.2) is 12.4 Å². The highest BCUT2D eigenvalue weighted by Crippen LogP contribution is 2.41. The van der Waals surface area contributed by atoms with Crippen molar-refractivity contribution in [1.29, 1.82) is 0 Å². The summed E-state index contributed by atoms with van der Waals surface area (Å²) in [5.74, 6) is -1.90. The maximum absolute atomic E-state index is 12.8. The number of ketones is 1. The molecule has 0 aliphatic rings. The molecule has 0 amide bonds. The maximum Gasteiger partial charge on any atom is 0.420 e. The minimum Gasteiger partial charge on any atom is -0.433 e. The Hall–Kier alpha value is -1.66. The van der Waals surface area contributed by atoms with E-state index in [2.05, 4.69) is 4.74 Å². The first-order valence-electron chi connectivity index (χ1n) is 4.81. The fourth-order valence-electron chi connectivity index (χ4n) is 1.52. The molecule has 0 aliphatic carbocycles. The number of carbonyl (C=O) groups is 1. The van der Waals surface area contributed by atoms with Gasteiger partial charge in [0.2, 0.25) is 0 Å². The van der Waals surface area contributed by atoms with Gasteiger partial charge in [0.05, 0.1) is 5.56 Å². The van der Waals surface area contributed by atoms with E-state index in [0.717, 1.165) is 26.0 Å². The van der Waals surface area contributed by atoms with E-state index in [0.29, 0.717) is 0 Å². The fourth-order valence-corrected chi connectivity index (χ4v) is 1.52. The Balaban J connectivity index is 3.55. The number of alkyl halides is 5. The maximum atomic E-state index is 12.8. The first-order valence-corrected chi connectivity index (χ1v) is 4.81. The summed E-state index contributed by atoms with van der Waals surface area (Å²) in [6.45, 7) is -1.36. The van der Waals surface area contributed by atoms with Crippen molar-refractivity contribution in [2.75, 3.05) is 0 Å². The highest BCUT2D eigenvalue weighted by molar-refractivity contribution is 5.97. The quantitative estimate of drug-likeness (QED) is 0.615. The summed E-state index contributed by atoms with van der Waals surface area (Å²) in [4.78, 5) is 11.1. The van der Waals surface area contributed by atoms with Crippen LogP contribution in [0.5, 0.6) is 5.75 Å². The number of rotatable bonds is 3. The molecule has 0 radical (unpaired) electrons. The molecule has 1 aromatic carbocycles. The van der Waals surface area contributed by atoms with Gasteiger partial charge in [-0.05, 0) is 25.5 Å². The zero-order valence-electron chi connectivity index (χ0n) is 9.44. The molecule has 0 N–H and O–H groups in total.